The molecule has 2 amide bonds. The first kappa shape index (κ1) is 21.4. The third-order valence-corrected chi connectivity index (χ3v) is 5.77. The minimum absolute atomic E-state index is 0.0490. The molecule has 8 heteroatoms. The SMILES string of the molecule is COc1cccc(CN2CC(OCC3CC3)CN(C(=O)CCn3cccn3)CC2=O)c1. The van der Waals surface area contributed by atoms with Crippen LogP contribution in [-0.2, 0) is 27.4 Å². The van der Waals surface area contributed by atoms with Gasteiger partial charge in [-0.1, -0.05) is 12.1 Å². The predicted molar refractivity (Wildman–Crippen MR) is 114 cm³/mol. The molecule has 2 aromatic rings. The van der Waals surface area contributed by atoms with Crippen LogP contribution < -0.4 is 4.74 Å². The van der Waals surface area contributed by atoms with Crippen molar-refractivity contribution in [3.05, 3.63) is 48.3 Å². The van der Waals surface area contributed by atoms with Gasteiger partial charge in [-0.15, -0.1) is 0 Å². The lowest BCUT2D eigenvalue weighted by molar-refractivity contribution is -0.139. The Kier molecular flexibility index (Phi) is 6.86. The molecule has 1 aliphatic heterocycles. The summed E-state index contributed by atoms with van der Waals surface area (Å²) >= 11 is 0. The molecule has 0 bridgehead atoms. The van der Waals surface area contributed by atoms with Crippen molar-refractivity contribution in [2.75, 3.05) is 33.4 Å². The summed E-state index contributed by atoms with van der Waals surface area (Å²) in [6.45, 7) is 2.65. The lowest BCUT2D eigenvalue weighted by Crippen LogP contribution is -2.40. The van der Waals surface area contributed by atoms with Gasteiger partial charge in [0.15, 0.2) is 0 Å². The lowest BCUT2D eigenvalue weighted by atomic mass is 10.2. The smallest absolute Gasteiger partial charge is 0.242 e. The minimum atomic E-state index is -0.189. The number of rotatable bonds is 9. The van der Waals surface area contributed by atoms with E-state index in [-0.39, 0.29) is 24.5 Å². The standard InChI is InChI=1S/C23H30N4O4/c1-30-20-5-2-4-19(12-20)13-25-14-21(31-17-18-6-7-18)15-26(16-23(25)29)22(28)8-11-27-10-3-9-24-27/h2-5,9-10,12,18,21H,6-8,11,13-17H2,1H3. The molecule has 1 aliphatic carbocycles. The van der Waals surface area contributed by atoms with E-state index in [1.165, 1.54) is 12.8 Å². The summed E-state index contributed by atoms with van der Waals surface area (Å²) in [5.74, 6) is 1.27. The van der Waals surface area contributed by atoms with E-state index in [9.17, 15) is 9.59 Å². The van der Waals surface area contributed by atoms with Crippen LogP contribution in [0.3, 0.4) is 0 Å². The molecule has 4 rings (SSSR count). The number of aryl methyl sites for hydroxylation is 1. The molecule has 1 atom stereocenters. The summed E-state index contributed by atoms with van der Waals surface area (Å²) in [5, 5.41) is 4.15. The fourth-order valence-corrected chi connectivity index (χ4v) is 3.78. The Balaban J connectivity index is 1.43. The Bertz CT molecular complexity index is 881. The van der Waals surface area contributed by atoms with Gasteiger partial charge in [-0.3, -0.25) is 14.3 Å². The molecular weight excluding hydrogens is 396 g/mol. The highest BCUT2D eigenvalue weighted by Crippen LogP contribution is 2.29. The Morgan fingerprint density at radius 2 is 2.10 bits per heavy atom. The van der Waals surface area contributed by atoms with Crippen LogP contribution in [-0.4, -0.2) is 70.8 Å². The van der Waals surface area contributed by atoms with E-state index in [0.717, 1.165) is 11.3 Å². The van der Waals surface area contributed by atoms with Crippen molar-refractivity contribution >= 4 is 11.8 Å². The molecule has 1 saturated heterocycles. The second-order valence-electron chi connectivity index (χ2n) is 8.32. The average molecular weight is 427 g/mol. The first-order valence-electron chi connectivity index (χ1n) is 10.9. The van der Waals surface area contributed by atoms with Crippen LogP contribution in [0.4, 0.5) is 0 Å². The Labute approximate surface area is 182 Å². The van der Waals surface area contributed by atoms with Crippen molar-refractivity contribution in [2.45, 2.75) is 38.5 Å². The molecule has 1 aromatic carbocycles. The molecule has 0 radical (unpaired) electrons. The Hall–Kier alpha value is -2.87. The summed E-state index contributed by atoms with van der Waals surface area (Å²) in [5.41, 5.74) is 0.993. The van der Waals surface area contributed by atoms with Gasteiger partial charge in [0.05, 0.1) is 19.8 Å². The first-order chi connectivity index (χ1) is 15.1. The molecule has 0 N–H and O–H groups in total. The van der Waals surface area contributed by atoms with Gasteiger partial charge in [0.2, 0.25) is 11.8 Å². The van der Waals surface area contributed by atoms with E-state index >= 15 is 0 Å². The molecule has 31 heavy (non-hydrogen) atoms. The molecule has 0 spiro atoms. The number of aromatic nitrogens is 2. The van der Waals surface area contributed by atoms with Crippen molar-refractivity contribution in [3.63, 3.8) is 0 Å². The number of amides is 2. The summed E-state index contributed by atoms with van der Waals surface area (Å²) in [7, 11) is 1.63. The first-order valence-corrected chi connectivity index (χ1v) is 10.9. The maximum Gasteiger partial charge on any atom is 0.242 e. The van der Waals surface area contributed by atoms with E-state index in [4.69, 9.17) is 9.47 Å². The minimum Gasteiger partial charge on any atom is -0.497 e. The van der Waals surface area contributed by atoms with Gasteiger partial charge in [-0.2, -0.15) is 5.10 Å². The molecule has 166 valence electrons. The van der Waals surface area contributed by atoms with Crippen LogP contribution in [0.25, 0.3) is 0 Å². The largest absolute Gasteiger partial charge is 0.497 e. The molecule has 1 unspecified atom stereocenters. The highest BCUT2D eigenvalue weighted by Gasteiger charge is 2.32. The van der Waals surface area contributed by atoms with Crippen molar-refractivity contribution < 1.29 is 19.1 Å². The second-order valence-corrected chi connectivity index (χ2v) is 8.32. The van der Waals surface area contributed by atoms with Gasteiger partial charge < -0.3 is 19.3 Å². The zero-order chi connectivity index (χ0) is 21.6. The highest BCUT2D eigenvalue weighted by atomic mass is 16.5. The van der Waals surface area contributed by atoms with E-state index in [1.54, 1.807) is 27.8 Å². The van der Waals surface area contributed by atoms with Crippen LogP contribution in [0.5, 0.6) is 5.75 Å². The fourth-order valence-electron chi connectivity index (χ4n) is 3.78. The fraction of sp³-hybridized carbons (Fsp3) is 0.522. The molecular formula is C23H30N4O4. The number of carbonyl (C=O) groups excluding carboxylic acids is 2. The van der Waals surface area contributed by atoms with Gasteiger partial charge in [0.25, 0.3) is 0 Å². The van der Waals surface area contributed by atoms with E-state index in [2.05, 4.69) is 5.10 Å². The van der Waals surface area contributed by atoms with Crippen LogP contribution in [0.15, 0.2) is 42.7 Å². The van der Waals surface area contributed by atoms with Crippen LogP contribution in [0.2, 0.25) is 0 Å². The molecule has 1 aromatic heterocycles. The van der Waals surface area contributed by atoms with E-state index in [0.29, 0.717) is 45.1 Å². The number of hydrogen-bond acceptors (Lipinski definition) is 5. The van der Waals surface area contributed by atoms with Gasteiger partial charge >= 0.3 is 0 Å². The summed E-state index contributed by atoms with van der Waals surface area (Å²) in [6.07, 6.45) is 6.04. The maximum atomic E-state index is 13.0. The topological polar surface area (TPSA) is 76.9 Å². The average Bonchev–Trinajstić information content (AvgIpc) is 3.49. The van der Waals surface area contributed by atoms with Gasteiger partial charge in [-0.05, 0) is 42.5 Å². The van der Waals surface area contributed by atoms with Gasteiger partial charge in [-0.25, -0.2) is 0 Å². The number of benzene rings is 1. The maximum absolute atomic E-state index is 13.0. The van der Waals surface area contributed by atoms with Crippen LogP contribution in [0, 0.1) is 5.92 Å². The quantitative estimate of drug-likeness (QED) is 0.613. The summed E-state index contributed by atoms with van der Waals surface area (Å²) < 4.78 is 13.2. The monoisotopic (exact) mass is 426 g/mol. The normalized spacial score (nSPS) is 19.4. The number of hydrogen-bond donors (Lipinski definition) is 0. The highest BCUT2D eigenvalue weighted by molar-refractivity contribution is 5.85. The van der Waals surface area contributed by atoms with Crippen molar-refractivity contribution in [2.24, 2.45) is 5.92 Å². The third kappa shape index (κ3) is 6.07. The van der Waals surface area contributed by atoms with Crippen molar-refractivity contribution in [1.82, 2.24) is 19.6 Å². The van der Waals surface area contributed by atoms with Crippen molar-refractivity contribution in [1.29, 1.82) is 0 Å². The number of ether oxygens (including phenoxy) is 2. The predicted octanol–water partition coefficient (Wildman–Crippen LogP) is 1.95. The van der Waals surface area contributed by atoms with E-state index in [1.807, 2.05) is 36.5 Å². The molecule has 1 saturated carbocycles. The Morgan fingerprint density at radius 3 is 2.84 bits per heavy atom. The zero-order valence-electron chi connectivity index (χ0n) is 18.0. The van der Waals surface area contributed by atoms with Gasteiger partial charge in [0, 0.05) is 51.6 Å². The van der Waals surface area contributed by atoms with Crippen LogP contribution in [0.1, 0.15) is 24.8 Å². The molecule has 2 aliphatic rings. The molecule has 2 fully saturated rings. The summed E-state index contributed by atoms with van der Waals surface area (Å²) in [6, 6.07) is 9.55. The van der Waals surface area contributed by atoms with Crippen molar-refractivity contribution in [3.8, 4) is 5.75 Å². The number of carbonyl (C=O) groups is 2. The van der Waals surface area contributed by atoms with Crippen LogP contribution >= 0.6 is 0 Å². The molecule has 8 nitrogen and oxygen atoms in total. The van der Waals surface area contributed by atoms with Gasteiger partial charge in [0.1, 0.15) is 5.75 Å². The summed E-state index contributed by atoms with van der Waals surface area (Å²) in [4.78, 5) is 29.4. The Morgan fingerprint density at radius 1 is 1.23 bits per heavy atom. The third-order valence-electron chi connectivity index (χ3n) is 5.77. The number of nitrogens with zero attached hydrogens (tertiary/aromatic N) is 4. The molecule has 2 heterocycles. The number of methoxy groups -OCH3 is 1. The zero-order valence-corrected chi connectivity index (χ0v) is 18.0. The van der Waals surface area contributed by atoms with E-state index < -0.39 is 0 Å². The lowest BCUT2D eigenvalue weighted by Gasteiger charge is -2.25. The second kappa shape index (κ2) is 9.96.